The summed E-state index contributed by atoms with van der Waals surface area (Å²) >= 11 is 0. The summed E-state index contributed by atoms with van der Waals surface area (Å²) in [5.41, 5.74) is 2.13. The Morgan fingerprint density at radius 1 is 1.17 bits per heavy atom. The van der Waals surface area contributed by atoms with Gasteiger partial charge in [-0.15, -0.1) is 0 Å². The molecular weight excluding hydrogens is 372 g/mol. The number of carbonyl (C=O) groups excluding carboxylic acids is 2. The van der Waals surface area contributed by atoms with Gasteiger partial charge in [0.2, 0.25) is 0 Å². The highest BCUT2D eigenvalue weighted by molar-refractivity contribution is 6.05. The van der Waals surface area contributed by atoms with Crippen molar-refractivity contribution in [1.82, 2.24) is 14.5 Å². The van der Waals surface area contributed by atoms with Crippen LogP contribution in [0.3, 0.4) is 0 Å². The highest BCUT2D eigenvalue weighted by atomic mass is 16.5. The van der Waals surface area contributed by atoms with Crippen LogP contribution < -0.4 is 10.1 Å². The van der Waals surface area contributed by atoms with Gasteiger partial charge in [-0.25, -0.2) is 14.8 Å². The molecular formula is C21H24N4O4. The maximum Gasteiger partial charge on any atom is 0.358 e. The van der Waals surface area contributed by atoms with E-state index in [-0.39, 0.29) is 24.3 Å². The molecule has 0 aliphatic carbocycles. The van der Waals surface area contributed by atoms with Crippen molar-refractivity contribution in [1.29, 1.82) is 0 Å². The minimum absolute atomic E-state index is 0.195. The third kappa shape index (κ3) is 4.06. The predicted octanol–water partition coefficient (Wildman–Crippen LogP) is 3.49. The number of rotatable bonds is 6. The lowest BCUT2D eigenvalue weighted by Crippen LogP contribution is -2.14. The number of esters is 1. The van der Waals surface area contributed by atoms with Crippen LogP contribution in [0.2, 0.25) is 0 Å². The molecule has 0 spiro atoms. The Morgan fingerprint density at radius 3 is 2.48 bits per heavy atom. The van der Waals surface area contributed by atoms with E-state index in [1.165, 1.54) is 0 Å². The van der Waals surface area contributed by atoms with Gasteiger partial charge in [-0.2, -0.15) is 0 Å². The summed E-state index contributed by atoms with van der Waals surface area (Å²) in [4.78, 5) is 34.2. The van der Waals surface area contributed by atoms with E-state index in [1.54, 1.807) is 49.7 Å². The van der Waals surface area contributed by atoms with E-state index in [0.29, 0.717) is 34.0 Å². The summed E-state index contributed by atoms with van der Waals surface area (Å²) in [5.74, 6) is -0.215. The second kappa shape index (κ2) is 8.30. The molecule has 0 radical (unpaired) electrons. The highest BCUT2D eigenvalue weighted by Gasteiger charge is 2.27. The standard InChI is InChI=1S/C21H24N4O4/c1-6-28-21(27)16-17(29-12(2)3)15-19(25(16)5)22-13(4)18(23-15)24-20(26)14-10-8-7-9-11-14/h7-12H,6H2,1-5H3,(H,23,24,26). The molecule has 0 saturated carbocycles. The smallest absolute Gasteiger partial charge is 0.358 e. The lowest BCUT2D eigenvalue weighted by molar-refractivity contribution is 0.0509. The van der Waals surface area contributed by atoms with Crippen LogP contribution in [0.1, 0.15) is 47.3 Å². The number of benzene rings is 1. The SMILES string of the molecule is CCOC(=O)c1c(OC(C)C)c2nc(NC(=O)c3ccccc3)c(C)nc2n1C. The predicted molar refractivity (Wildman–Crippen MR) is 109 cm³/mol. The van der Waals surface area contributed by atoms with Gasteiger partial charge in [0.25, 0.3) is 5.91 Å². The van der Waals surface area contributed by atoms with Crippen LogP contribution in [-0.2, 0) is 11.8 Å². The van der Waals surface area contributed by atoms with Crippen molar-refractivity contribution in [3.05, 3.63) is 47.3 Å². The molecule has 0 unspecified atom stereocenters. The molecule has 29 heavy (non-hydrogen) atoms. The number of carbonyl (C=O) groups is 2. The molecule has 0 aliphatic heterocycles. The van der Waals surface area contributed by atoms with Gasteiger partial charge in [0.15, 0.2) is 28.4 Å². The lowest BCUT2D eigenvalue weighted by Gasteiger charge is -2.11. The summed E-state index contributed by atoms with van der Waals surface area (Å²) in [6.45, 7) is 7.43. The second-order valence-corrected chi connectivity index (χ2v) is 6.77. The molecule has 152 valence electrons. The molecule has 0 aliphatic rings. The Morgan fingerprint density at radius 2 is 1.86 bits per heavy atom. The van der Waals surface area contributed by atoms with Crippen molar-refractivity contribution in [2.24, 2.45) is 7.05 Å². The van der Waals surface area contributed by atoms with Crippen LogP contribution in [0, 0.1) is 6.92 Å². The number of aryl methyl sites for hydroxylation is 2. The van der Waals surface area contributed by atoms with Crippen molar-refractivity contribution in [3.63, 3.8) is 0 Å². The van der Waals surface area contributed by atoms with E-state index in [2.05, 4.69) is 15.3 Å². The maximum atomic E-state index is 12.5. The van der Waals surface area contributed by atoms with Gasteiger partial charge in [-0.05, 0) is 39.8 Å². The second-order valence-electron chi connectivity index (χ2n) is 6.77. The number of ether oxygens (including phenoxy) is 2. The Labute approximate surface area is 168 Å². The minimum atomic E-state index is -0.516. The first-order chi connectivity index (χ1) is 13.8. The third-order valence-corrected chi connectivity index (χ3v) is 4.23. The summed E-state index contributed by atoms with van der Waals surface area (Å²) in [7, 11) is 1.71. The number of nitrogens with one attached hydrogen (secondary N) is 1. The first-order valence-corrected chi connectivity index (χ1v) is 9.40. The molecule has 8 nitrogen and oxygen atoms in total. The van der Waals surface area contributed by atoms with Gasteiger partial charge in [0.1, 0.15) is 0 Å². The number of hydrogen-bond donors (Lipinski definition) is 1. The number of hydrogen-bond acceptors (Lipinski definition) is 6. The number of fused-ring (bicyclic) bond motifs is 1. The highest BCUT2D eigenvalue weighted by Crippen LogP contribution is 2.33. The van der Waals surface area contributed by atoms with Gasteiger partial charge < -0.3 is 19.4 Å². The largest absolute Gasteiger partial charge is 0.486 e. The molecule has 0 bridgehead atoms. The van der Waals surface area contributed by atoms with Gasteiger partial charge in [-0.1, -0.05) is 18.2 Å². The summed E-state index contributed by atoms with van der Waals surface area (Å²) in [5, 5.41) is 2.79. The Balaban J connectivity index is 2.11. The van der Waals surface area contributed by atoms with Crippen LogP contribution in [0.5, 0.6) is 5.75 Å². The fourth-order valence-electron chi connectivity index (χ4n) is 2.93. The van der Waals surface area contributed by atoms with E-state index in [0.717, 1.165) is 0 Å². The Kier molecular flexibility index (Phi) is 5.81. The average molecular weight is 396 g/mol. The topological polar surface area (TPSA) is 95.3 Å². The normalized spacial score (nSPS) is 11.0. The molecule has 8 heteroatoms. The maximum absolute atomic E-state index is 12.5. The molecule has 1 N–H and O–H groups in total. The molecule has 0 saturated heterocycles. The molecule has 1 aromatic carbocycles. The first kappa shape index (κ1) is 20.3. The molecule has 0 atom stereocenters. The van der Waals surface area contributed by atoms with Gasteiger partial charge in [-0.3, -0.25) is 4.79 Å². The van der Waals surface area contributed by atoms with Crippen LogP contribution in [0.15, 0.2) is 30.3 Å². The first-order valence-electron chi connectivity index (χ1n) is 9.40. The Bertz CT molecular complexity index is 1060. The fraction of sp³-hybridized carbons (Fsp3) is 0.333. The van der Waals surface area contributed by atoms with Crippen molar-refractivity contribution in [2.75, 3.05) is 11.9 Å². The Hall–Kier alpha value is -3.42. The van der Waals surface area contributed by atoms with Crippen molar-refractivity contribution in [2.45, 2.75) is 33.8 Å². The van der Waals surface area contributed by atoms with Crippen LogP contribution in [0.4, 0.5) is 5.82 Å². The van der Waals surface area contributed by atoms with E-state index in [9.17, 15) is 9.59 Å². The van der Waals surface area contributed by atoms with Crippen LogP contribution in [0.25, 0.3) is 11.2 Å². The number of amides is 1. The quantitative estimate of drug-likeness (QED) is 0.641. The lowest BCUT2D eigenvalue weighted by atomic mass is 10.2. The van der Waals surface area contributed by atoms with Gasteiger partial charge >= 0.3 is 5.97 Å². The molecule has 2 heterocycles. The fourth-order valence-corrected chi connectivity index (χ4v) is 2.93. The zero-order valence-electron chi connectivity index (χ0n) is 17.1. The van der Waals surface area contributed by atoms with E-state index in [4.69, 9.17) is 9.47 Å². The zero-order valence-corrected chi connectivity index (χ0v) is 17.1. The monoisotopic (exact) mass is 396 g/mol. The average Bonchev–Trinajstić information content (AvgIpc) is 2.93. The molecule has 3 rings (SSSR count). The third-order valence-electron chi connectivity index (χ3n) is 4.23. The van der Waals surface area contributed by atoms with Crippen molar-refractivity contribution in [3.8, 4) is 5.75 Å². The summed E-state index contributed by atoms with van der Waals surface area (Å²) < 4.78 is 12.7. The van der Waals surface area contributed by atoms with Crippen molar-refractivity contribution >= 4 is 28.9 Å². The van der Waals surface area contributed by atoms with E-state index < -0.39 is 5.97 Å². The minimum Gasteiger partial charge on any atom is -0.486 e. The molecule has 3 aromatic rings. The molecule has 0 fully saturated rings. The summed E-state index contributed by atoms with van der Waals surface area (Å²) in [6.07, 6.45) is -0.195. The molecule has 2 aromatic heterocycles. The molecule has 1 amide bonds. The number of anilines is 1. The van der Waals surface area contributed by atoms with Crippen LogP contribution >= 0.6 is 0 Å². The number of aromatic nitrogens is 3. The van der Waals surface area contributed by atoms with E-state index in [1.807, 2.05) is 19.9 Å². The van der Waals surface area contributed by atoms with Gasteiger partial charge in [0.05, 0.1) is 18.4 Å². The van der Waals surface area contributed by atoms with E-state index >= 15 is 0 Å². The number of nitrogens with zero attached hydrogens (tertiary/aromatic N) is 3. The summed E-state index contributed by atoms with van der Waals surface area (Å²) in [6, 6.07) is 8.84. The zero-order chi connectivity index (χ0) is 21.1. The van der Waals surface area contributed by atoms with Crippen molar-refractivity contribution < 1.29 is 19.1 Å². The van der Waals surface area contributed by atoms with Crippen LogP contribution in [-0.4, -0.2) is 39.1 Å². The van der Waals surface area contributed by atoms with Gasteiger partial charge in [0, 0.05) is 12.6 Å².